The smallest absolute Gasteiger partial charge is 0.230 e. The van der Waals surface area contributed by atoms with Crippen LogP contribution >= 0.6 is 0 Å². The van der Waals surface area contributed by atoms with Crippen LogP contribution in [0.5, 0.6) is 0 Å². The van der Waals surface area contributed by atoms with Crippen molar-refractivity contribution in [1.82, 2.24) is 15.1 Å². The van der Waals surface area contributed by atoms with E-state index in [1.807, 2.05) is 7.05 Å². The molecule has 2 rings (SSSR count). The summed E-state index contributed by atoms with van der Waals surface area (Å²) in [6, 6.07) is 0.444. The summed E-state index contributed by atoms with van der Waals surface area (Å²) in [5, 5.41) is 3.40. The first-order chi connectivity index (χ1) is 10.1. The Labute approximate surface area is 130 Å². The Morgan fingerprint density at radius 2 is 2.00 bits per heavy atom. The van der Waals surface area contributed by atoms with Gasteiger partial charge in [-0.3, -0.25) is 4.79 Å². The predicted molar refractivity (Wildman–Crippen MR) is 87.4 cm³/mol. The minimum absolute atomic E-state index is 0.121. The summed E-state index contributed by atoms with van der Waals surface area (Å²) in [6.45, 7) is 9.80. The number of hydrogen-bond donors (Lipinski definition) is 1. The molecule has 0 radical (unpaired) electrons. The fraction of sp³-hybridized carbons (Fsp3) is 0.941. The summed E-state index contributed by atoms with van der Waals surface area (Å²) in [5.41, 5.74) is -0.121. The molecule has 2 aliphatic heterocycles. The largest absolute Gasteiger partial charge is 0.342 e. The lowest BCUT2D eigenvalue weighted by molar-refractivity contribution is -0.143. The number of rotatable bonds is 6. The van der Waals surface area contributed by atoms with Crippen molar-refractivity contribution >= 4 is 5.91 Å². The van der Waals surface area contributed by atoms with Gasteiger partial charge in [-0.15, -0.1) is 0 Å². The highest BCUT2D eigenvalue weighted by Gasteiger charge is 2.43. The van der Waals surface area contributed by atoms with E-state index in [1.165, 1.54) is 13.0 Å². The molecule has 0 spiro atoms. The van der Waals surface area contributed by atoms with Crippen LogP contribution in [0.25, 0.3) is 0 Å². The number of nitrogens with zero attached hydrogens (tertiary/aromatic N) is 2. The molecule has 2 fully saturated rings. The predicted octanol–water partition coefficient (Wildman–Crippen LogP) is 2.10. The van der Waals surface area contributed by atoms with Crippen LogP contribution in [0.3, 0.4) is 0 Å². The summed E-state index contributed by atoms with van der Waals surface area (Å²) in [4.78, 5) is 17.7. The Bertz CT molecular complexity index is 331. The van der Waals surface area contributed by atoms with E-state index in [0.717, 1.165) is 58.3 Å². The fourth-order valence-electron chi connectivity index (χ4n) is 4.11. The molecule has 0 aliphatic carbocycles. The maximum absolute atomic E-state index is 13.0. The first-order valence-electron chi connectivity index (χ1n) is 8.83. The van der Waals surface area contributed by atoms with Crippen LogP contribution in [0.4, 0.5) is 0 Å². The summed E-state index contributed by atoms with van der Waals surface area (Å²) in [6.07, 6.45) is 6.63. The first-order valence-corrected chi connectivity index (χ1v) is 8.83. The molecule has 0 saturated carbocycles. The van der Waals surface area contributed by atoms with Crippen molar-refractivity contribution in [3.05, 3.63) is 0 Å². The Hall–Kier alpha value is -0.610. The van der Waals surface area contributed by atoms with Crippen LogP contribution in [0.15, 0.2) is 0 Å². The van der Waals surface area contributed by atoms with E-state index in [2.05, 4.69) is 29.0 Å². The highest BCUT2D eigenvalue weighted by Crippen LogP contribution is 2.34. The molecule has 2 saturated heterocycles. The number of carbonyl (C=O) groups is 1. The minimum atomic E-state index is -0.121. The normalized spacial score (nSPS) is 28.0. The zero-order valence-electron chi connectivity index (χ0n) is 14.2. The van der Waals surface area contributed by atoms with Crippen LogP contribution in [-0.2, 0) is 4.79 Å². The van der Waals surface area contributed by atoms with E-state index in [0.29, 0.717) is 11.9 Å². The van der Waals surface area contributed by atoms with E-state index in [4.69, 9.17) is 0 Å². The molecule has 0 aromatic carbocycles. The van der Waals surface area contributed by atoms with Crippen LogP contribution in [0.1, 0.15) is 52.4 Å². The monoisotopic (exact) mass is 295 g/mol. The molecule has 0 bridgehead atoms. The molecule has 122 valence electrons. The van der Waals surface area contributed by atoms with Crippen molar-refractivity contribution in [1.29, 1.82) is 0 Å². The van der Waals surface area contributed by atoms with E-state index < -0.39 is 0 Å². The number of hydrogen-bond acceptors (Lipinski definition) is 3. The molecule has 21 heavy (non-hydrogen) atoms. The van der Waals surface area contributed by atoms with E-state index in [1.54, 1.807) is 0 Å². The molecule has 1 N–H and O–H groups in total. The second kappa shape index (κ2) is 7.59. The van der Waals surface area contributed by atoms with Crippen molar-refractivity contribution in [2.75, 3.05) is 39.8 Å². The third-order valence-electron chi connectivity index (χ3n) is 5.39. The average Bonchev–Trinajstić information content (AvgIpc) is 2.97. The summed E-state index contributed by atoms with van der Waals surface area (Å²) in [7, 11) is 2.04. The molecule has 4 nitrogen and oxygen atoms in total. The number of nitrogens with one attached hydrogen (secondary N) is 1. The van der Waals surface area contributed by atoms with Gasteiger partial charge in [0.1, 0.15) is 0 Å². The van der Waals surface area contributed by atoms with Gasteiger partial charge < -0.3 is 15.1 Å². The lowest BCUT2D eigenvalue weighted by Crippen LogP contribution is -2.51. The van der Waals surface area contributed by atoms with Gasteiger partial charge >= 0.3 is 0 Å². The Morgan fingerprint density at radius 1 is 1.29 bits per heavy atom. The lowest BCUT2D eigenvalue weighted by Gasteiger charge is -2.40. The second-order valence-corrected chi connectivity index (χ2v) is 6.95. The fourth-order valence-corrected chi connectivity index (χ4v) is 4.11. The third-order valence-corrected chi connectivity index (χ3v) is 5.39. The Morgan fingerprint density at radius 3 is 2.52 bits per heavy atom. The minimum Gasteiger partial charge on any atom is -0.342 e. The molecular formula is C17H33N3O. The van der Waals surface area contributed by atoms with Gasteiger partial charge in [0.2, 0.25) is 5.91 Å². The molecule has 2 heterocycles. The van der Waals surface area contributed by atoms with Gasteiger partial charge in [-0.25, -0.2) is 0 Å². The van der Waals surface area contributed by atoms with Gasteiger partial charge in [0.25, 0.3) is 0 Å². The van der Waals surface area contributed by atoms with Gasteiger partial charge in [0.05, 0.1) is 5.41 Å². The van der Waals surface area contributed by atoms with Crippen LogP contribution < -0.4 is 5.32 Å². The highest BCUT2D eigenvalue weighted by molar-refractivity contribution is 5.83. The molecule has 2 aliphatic rings. The average molecular weight is 295 g/mol. The van der Waals surface area contributed by atoms with Gasteiger partial charge in [0, 0.05) is 32.7 Å². The van der Waals surface area contributed by atoms with Gasteiger partial charge in [0.15, 0.2) is 0 Å². The summed E-state index contributed by atoms with van der Waals surface area (Å²) >= 11 is 0. The van der Waals surface area contributed by atoms with Gasteiger partial charge in [-0.1, -0.05) is 20.3 Å². The van der Waals surface area contributed by atoms with Crippen LogP contribution in [-0.4, -0.2) is 61.5 Å². The van der Waals surface area contributed by atoms with Crippen molar-refractivity contribution in [2.45, 2.75) is 58.4 Å². The van der Waals surface area contributed by atoms with Gasteiger partial charge in [-0.05, 0) is 45.2 Å². The number of amides is 1. The maximum Gasteiger partial charge on any atom is 0.230 e. The number of carbonyl (C=O) groups excluding carboxylic acids is 1. The van der Waals surface area contributed by atoms with Gasteiger partial charge in [-0.2, -0.15) is 0 Å². The zero-order chi connectivity index (χ0) is 15.3. The number of piperidine rings is 1. The Kier molecular flexibility index (Phi) is 6.06. The zero-order valence-corrected chi connectivity index (χ0v) is 14.2. The topological polar surface area (TPSA) is 35.6 Å². The Balaban J connectivity index is 1.93. The summed E-state index contributed by atoms with van der Waals surface area (Å²) < 4.78 is 0. The van der Waals surface area contributed by atoms with Crippen molar-refractivity contribution in [3.63, 3.8) is 0 Å². The molecule has 0 aromatic rings. The second-order valence-electron chi connectivity index (χ2n) is 6.95. The van der Waals surface area contributed by atoms with E-state index >= 15 is 0 Å². The molecular weight excluding hydrogens is 262 g/mol. The third kappa shape index (κ3) is 3.78. The SMILES string of the molecule is CCCN1CCC(N(C)C(=O)C2(CCC)CCNC2)CC1. The molecule has 1 atom stereocenters. The summed E-state index contributed by atoms with van der Waals surface area (Å²) in [5.74, 6) is 0.392. The molecule has 4 heteroatoms. The van der Waals surface area contributed by atoms with E-state index in [9.17, 15) is 4.79 Å². The standard InChI is InChI=1S/C17H33N3O/c1-4-8-17(9-10-18-14-17)16(21)19(3)15-6-12-20(11-5-2)13-7-15/h15,18H,4-14H2,1-3H3. The van der Waals surface area contributed by atoms with Crippen molar-refractivity contribution < 1.29 is 4.79 Å². The first kappa shape index (κ1) is 16.8. The van der Waals surface area contributed by atoms with Crippen LogP contribution in [0, 0.1) is 5.41 Å². The van der Waals surface area contributed by atoms with Crippen molar-refractivity contribution in [3.8, 4) is 0 Å². The van der Waals surface area contributed by atoms with Crippen molar-refractivity contribution in [2.24, 2.45) is 5.41 Å². The van der Waals surface area contributed by atoms with E-state index in [-0.39, 0.29) is 5.41 Å². The molecule has 1 unspecified atom stereocenters. The molecule has 1 amide bonds. The highest BCUT2D eigenvalue weighted by atomic mass is 16.2. The quantitative estimate of drug-likeness (QED) is 0.815. The maximum atomic E-state index is 13.0. The molecule has 0 aromatic heterocycles. The lowest BCUT2D eigenvalue weighted by atomic mass is 9.80. The number of likely N-dealkylation sites (tertiary alicyclic amines) is 1. The van der Waals surface area contributed by atoms with Crippen LogP contribution in [0.2, 0.25) is 0 Å².